The van der Waals surface area contributed by atoms with Crippen LogP contribution in [0.1, 0.15) is 11.3 Å². The lowest BCUT2D eigenvalue weighted by Gasteiger charge is -2.19. The van der Waals surface area contributed by atoms with Crippen LogP contribution in [-0.2, 0) is 16.0 Å². The summed E-state index contributed by atoms with van der Waals surface area (Å²) >= 11 is 0. The SMILES string of the molecule is COC(=O)[C@H](Cc1ccccc1)Nc1cc(C)nc2ccccc12. The molecule has 2 aromatic carbocycles. The van der Waals surface area contributed by atoms with E-state index in [0.29, 0.717) is 6.42 Å². The van der Waals surface area contributed by atoms with E-state index in [1.165, 1.54) is 7.11 Å². The van der Waals surface area contributed by atoms with Gasteiger partial charge in [0.1, 0.15) is 6.04 Å². The third-order valence-electron chi connectivity index (χ3n) is 3.94. The number of aryl methyl sites for hydroxylation is 1. The average molecular weight is 320 g/mol. The quantitative estimate of drug-likeness (QED) is 0.728. The molecule has 1 N–H and O–H groups in total. The van der Waals surface area contributed by atoms with Gasteiger partial charge in [-0.25, -0.2) is 4.79 Å². The first-order chi connectivity index (χ1) is 11.7. The summed E-state index contributed by atoms with van der Waals surface area (Å²) in [7, 11) is 1.41. The second-order valence-electron chi connectivity index (χ2n) is 5.74. The number of rotatable bonds is 5. The fourth-order valence-corrected chi connectivity index (χ4v) is 2.80. The molecular formula is C20H20N2O2. The van der Waals surface area contributed by atoms with Crippen LogP contribution < -0.4 is 5.32 Å². The van der Waals surface area contributed by atoms with E-state index >= 15 is 0 Å². The molecule has 0 bridgehead atoms. The Labute approximate surface area is 141 Å². The highest BCUT2D eigenvalue weighted by Gasteiger charge is 2.20. The van der Waals surface area contributed by atoms with E-state index < -0.39 is 6.04 Å². The number of anilines is 1. The molecule has 0 spiro atoms. The summed E-state index contributed by atoms with van der Waals surface area (Å²) in [6.45, 7) is 1.95. The summed E-state index contributed by atoms with van der Waals surface area (Å²) < 4.78 is 4.98. The number of nitrogens with one attached hydrogen (secondary N) is 1. The number of carbonyl (C=O) groups is 1. The van der Waals surface area contributed by atoms with Crippen molar-refractivity contribution in [3.63, 3.8) is 0 Å². The molecule has 1 heterocycles. The fourth-order valence-electron chi connectivity index (χ4n) is 2.80. The molecule has 3 rings (SSSR count). The Morgan fingerprint density at radius 2 is 1.83 bits per heavy atom. The lowest BCUT2D eigenvalue weighted by molar-refractivity contribution is -0.141. The second-order valence-corrected chi connectivity index (χ2v) is 5.74. The van der Waals surface area contributed by atoms with Gasteiger partial charge in [0.15, 0.2) is 0 Å². The topological polar surface area (TPSA) is 51.2 Å². The zero-order chi connectivity index (χ0) is 16.9. The van der Waals surface area contributed by atoms with E-state index in [4.69, 9.17) is 4.74 Å². The zero-order valence-electron chi connectivity index (χ0n) is 13.8. The molecule has 1 aromatic heterocycles. The summed E-state index contributed by atoms with van der Waals surface area (Å²) in [4.78, 5) is 16.8. The van der Waals surface area contributed by atoms with Crippen molar-refractivity contribution >= 4 is 22.6 Å². The van der Waals surface area contributed by atoms with E-state index in [0.717, 1.165) is 27.8 Å². The van der Waals surface area contributed by atoms with Crippen molar-refractivity contribution in [3.8, 4) is 0 Å². The maximum absolute atomic E-state index is 12.2. The van der Waals surface area contributed by atoms with Crippen LogP contribution in [0, 0.1) is 6.92 Å². The van der Waals surface area contributed by atoms with Gasteiger partial charge in [0.05, 0.1) is 12.6 Å². The van der Waals surface area contributed by atoms with Crippen LogP contribution in [0.4, 0.5) is 5.69 Å². The van der Waals surface area contributed by atoms with Gasteiger partial charge in [-0.2, -0.15) is 0 Å². The third kappa shape index (κ3) is 3.54. The van der Waals surface area contributed by atoms with E-state index in [2.05, 4.69) is 10.3 Å². The predicted molar refractivity (Wildman–Crippen MR) is 96.1 cm³/mol. The number of fused-ring (bicyclic) bond motifs is 1. The Balaban J connectivity index is 1.94. The minimum atomic E-state index is -0.456. The molecule has 0 saturated carbocycles. The molecule has 0 aliphatic heterocycles. The Morgan fingerprint density at radius 3 is 2.58 bits per heavy atom. The number of hydrogen-bond acceptors (Lipinski definition) is 4. The van der Waals surface area contributed by atoms with Crippen molar-refractivity contribution in [2.24, 2.45) is 0 Å². The number of ether oxygens (including phenoxy) is 1. The van der Waals surface area contributed by atoms with Crippen LogP contribution in [0.5, 0.6) is 0 Å². The molecule has 3 aromatic rings. The van der Waals surface area contributed by atoms with Crippen LogP contribution in [0.3, 0.4) is 0 Å². The molecule has 0 saturated heterocycles. The normalized spacial score (nSPS) is 11.9. The van der Waals surface area contributed by atoms with E-state index in [1.807, 2.05) is 67.6 Å². The van der Waals surface area contributed by atoms with Gasteiger partial charge in [-0.1, -0.05) is 48.5 Å². The number of esters is 1. The summed E-state index contributed by atoms with van der Waals surface area (Å²) in [5.41, 5.74) is 3.78. The van der Waals surface area contributed by atoms with Gasteiger partial charge in [-0.15, -0.1) is 0 Å². The number of nitrogens with zero attached hydrogens (tertiary/aromatic N) is 1. The van der Waals surface area contributed by atoms with Crippen molar-refractivity contribution in [1.82, 2.24) is 4.98 Å². The van der Waals surface area contributed by atoms with Crippen molar-refractivity contribution in [1.29, 1.82) is 0 Å². The van der Waals surface area contributed by atoms with E-state index in [1.54, 1.807) is 0 Å². The van der Waals surface area contributed by atoms with Crippen molar-refractivity contribution in [2.75, 3.05) is 12.4 Å². The molecule has 0 unspecified atom stereocenters. The molecule has 0 aliphatic rings. The van der Waals surface area contributed by atoms with Gasteiger partial charge in [0, 0.05) is 23.2 Å². The van der Waals surface area contributed by atoms with E-state index in [9.17, 15) is 4.79 Å². The first kappa shape index (κ1) is 16.0. The molecule has 24 heavy (non-hydrogen) atoms. The third-order valence-corrected chi connectivity index (χ3v) is 3.94. The molecule has 122 valence electrons. The maximum Gasteiger partial charge on any atom is 0.328 e. The van der Waals surface area contributed by atoms with Gasteiger partial charge in [0.2, 0.25) is 0 Å². The van der Waals surface area contributed by atoms with Gasteiger partial charge in [0.25, 0.3) is 0 Å². The molecule has 0 radical (unpaired) electrons. The monoisotopic (exact) mass is 320 g/mol. The van der Waals surface area contributed by atoms with E-state index in [-0.39, 0.29) is 5.97 Å². The number of hydrogen-bond donors (Lipinski definition) is 1. The molecule has 4 nitrogen and oxygen atoms in total. The van der Waals surface area contributed by atoms with Gasteiger partial charge < -0.3 is 10.1 Å². The highest BCUT2D eigenvalue weighted by molar-refractivity contribution is 5.93. The lowest BCUT2D eigenvalue weighted by Crippen LogP contribution is -2.33. The number of para-hydroxylation sites is 1. The molecule has 0 fully saturated rings. The smallest absolute Gasteiger partial charge is 0.328 e. The Kier molecular flexibility index (Phi) is 4.75. The van der Waals surface area contributed by atoms with Crippen LogP contribution in [0.2, 0.25) is 0 Å². The Morgan fingerprint density at radius 1 is 1.12 bits per heavy atom. The maximum atomic E-state index is 12.2. The highest BCUT2D eigenvalue weighted by Crippen LogP contribution is 2.24. The Hall–Kier alpha value is -2.88. The van der Waals surface area contributed by atoms with Crippen LogP contribution >= 0.6 is 0 Å². The van der Waals surface area contributed by atoms with Crippen molar-refractivity contribution in [2.45, 2.75) is 19.4 Å². The van der Waals surface area contributed by atoms with Crippen molar-refractivity contribution in [3.05, 3.63) is 71.9 Å². The first-order valence-corrected chi connectivity index (χ1v) is 7.92. The molecule has 0 amide bonds. The predicted octanol–water partition coefficient (Wildman–Crippen LogP) is 3.74. The van der Waals surface area contributed by atoms with Crippen molar-refractivity contribution < 1.29 is 9.53 Å². The van der Waals surface area contributed by atoms with Gasteiger partial charge in [-0.05, 0) is 24.6 Å². The largest absolute Gasteiger partial charge is 0.467 e. The summed E-state index contributed by atoms with van der Waals surface area (Å²) in [5, 5.41) is 4.34. The van der Waals surface area contributed by atoms with Crippen LogP contribution in [-0.4, -0.2) is 24.1 Å². The summed E-state index contributed by atoms with van der Waals surface area (Å²) in [6, 6.07) is 19.3. The number of aromatic nitrogens is 1. The Bertz CT molecular complexity index is 847. The average Bonchev–Trinajstić information content (AvgIpc) is 2.61. The number of pyridine rings is 1. The number of carbonyl (C=O) groups excluding carboxylic acids is 1. The standard InChI is InChI=1S/C20H20N2O2/c1-14-12-18(16-10-6-7-11-17(16)21-14)22-19(20(23)24-2)13-15-8-4-3-5-9-15/h3-12,19H,13H2,1-2H3,(H,21,22)/t19-/m0/s1. The zero-order valence-corrected chi connectivity index (χ0v) is 13.8. The van der Waals surface area contributed by atoms with Crippen LogP contribution in [0.15, 0.2) is 60.7 Å². The molecule has 1 atom stereocenters. The molecular weight excluding hydrogens is 300 g/mol. The fraction of sp³-hybridized carbons (Fsp3) is 0.200. The van der Waals surface area contributed by atoms with Crippen LogP contribution in [0.25, 0.3) is 10.9 Å². The highest BCUT2D eigenvalue weighted by atomic mass is 16.5. The summed E-state index contributed by atoms with van der Waals surface area (Å²) in [5.74, 6) is -0.280. The van der Waals surface area contributed by atoms with Gasteiger partial charge >= 0.3 is 5.97 Å². The second kappa shape index (κ2) is 7.13. The molecule has 0 aliphatic carbocycles. The summed E-state index contributed by atoms with van der Waals surface area (Å²) in [6.07, 6.45) is 0.559. The lowest BCUT2D eigenvalue weighted by atomic mass is 10.0. The number of benzene rings is 2. The first-order valence-electron chi connectivity index (χ1n) is 7.92. The molecule has 4 heteroatoms. The number of methoxy groups -OCH3 is 1. The minimum absolute atomic E-state index is 0.280. The minimum Gasteiger partial charge on any atom is -0.467 e. The van der Waals surface area contributed by atoms with Gasteiger partial charge in [-0.3, -0.25) is 4.98 Å².